The SMILES string of the molecule is CCCN=C(NCC)NCCCNC(=O)c1cccs1. The van der Waals surface area contributed by atoms with Crippen molar-refractivity contribution in [3.05, 3.63) is 22.4 Å². The van der Waals surface area contributed by atoms with Crippen LogP contribution in [0.25, 0.3) is 0 Å². The van der Waals surface area contributed by atoms with Gasteiger partial charge >= 0.3 is 0 Å². The molecule has 0 bridgehead atoms. The Morgan fingerprint density at radius 1 is 1.25 bits per heavy atom. The van der Waals surface area contributed by atoms with Gasteiger partial charge in [-0.25, -0.2) is 0 Å². The van der Waals surface area contributed by atoms with E-state index in [2.05, 4.69) is 27.9 Å². The van der Waals surface area contributed by atoms with Crippen LogP contribution in [-0.4, -0.2) is 38.0 Å². The molecule has 1 aromatic heterocycles. The molecule has 0 aliphatic rings. The minimum atomic E-state index is 0.00607. The molecule has 0 fully saturated rings. The molecule has 0 aromatic carbocycles. The predicted octanol–water partition coefficient (Wildman–Crippen LogP) is 1.83. The summed E-state index contributed by atoms with van der Waals surface area (Å²) in [5.41, 5.74) is 0. The van der Waals surface area contributed by atoms with Gasteiger partial charge in [-0.1, -0.05) is 13.0 Å². The van der Waals surface area contributed by atoms with Gasteiger partial charge in [0.25, 0.3) is 5.91 Å². The number of amides is 1. The van der Waals surface area contributed by atoms with Crippen molar-refractivity contribution in [3.63, 3.8) is 0 Å². The Hall–Kier alpha value is -1.56. The van der Waals surface area contributed by atoms with Gasteiger partial charge in [0, 0.05) is 26.2 Å². The van der Waals surface area contributed by atoms with E-state index in [9.17, 15) is 4.79 Å². The van der Waals surface area contributed by atoms with E-state index >= 15 is 0 Å². The lowest BCUT2D eigenvalue weighted by Crippen LogP contribution is -2.38. The average molecular weight is 296 g/mol. The first-order valence-corrected chi connectivity index (χ1v) is 7.99. The standard InChI is InChI=1S/C14H24N4OS/c1-3-8-17-14(15-4-2)18-10-6-9-16-13(19)12-7-5-11-20-12/h5,7,11H,3-4,6,8-10H2,1-2H3,(H,16,19)(H2,15,17,18). The molecule has 0 unspecified atom stereocenters. The number of carbonyl (C=O) groups excluding carboxylic acids is 1. The van der Waals surface area contributed by atoms with E-state index < -0.39 is 0 Å². The molecule has 1 aromatic rings. The summed E-state index contributed by atoms with van der Waals surface area (Å²) in [4.78, 5) is 16.9. The fraction of sp³-hybridized carbons (Fsp3) is 0.571. The van der Waals surface area contributed by atoms with Crippen molar-refractivity contribution in [1.82, 2.24) is 16.0 Å². The Bertz CT molecular complexity index is 403. The maximum atomic E-state index is 11.7. The molecule has 1 heterocycles. The summed E-state index contributed by atoms with van der Waals surface area (Å²) in [5, 5.41) is 11.3. The Labute approximate surface area is 124 Å². The molecule has 0 radical (unpaired) electrons. The number of guanidine groups is 1. The van der Waals surface area contributed by atoms with Crippen LogP contribution in [0.1, 0.15) is 36.4 Å². The minimum Gasteiger partial charge on any atom is -0.357 e. The van der Waals surface area contributed by atoms with Gasteiger partial charge in [0.2, 0.25) is 0 Å². The third kappa shape index (κ3) is 6.56. The zero-order valence-electron chi connectivity index (χ0n) is 12.2. The quantitative estimate of drug-likeness (QED) is 0.389. The van der Waals surface area contributed by atoms with E-state index in [-0.39, 0.29) is 5.91 Å². The maximum absolute atomic E-state index is 11.7. The van der Waals surface area contributed by atoms with Crippen molar-refractivity contribution in [1.29, 1.82) is 0 Å². The number of rotatable bonds is 8. The second-order valence-electron chi connectivity index (χ2n) is 4.27. The fourth-order valence-electron chi connectivity index (χ4n) is 1.56. The van der Waals surface area contributed by atoms with E-state index in [1.807, 2.05) is 24.4 Å². The summed E-state index contributed by atoms with van der Waals surface area (Å²) in [6.45, 7) is 7.28. The Morgan fingerprint density at radius 2 is 2.05 bits per heavy atom. The van der Waals surface area contributed by atoms with Gasteiger partial charge in [-0.15, -0.1) is 11.3 Å². The van der Waals surface area contributed by atoms with Gasteiger partial charge in [-0.2, -0.15) is 0 Å². The fourth-order valence-corrected chi connectivity index (χ4v) is 2.20. The number of nitrogens with one attached hydrogen (secondary N) is 3. The molecule has 0 atom stereocenters. The smallest absolute Gasteiger partial charge is 0.261 e. The molecular weight excluding hydrogens is 272 g/mol. The normalized spacial score (nSPS) is 11.2. The number of nitrogens with zero attached hydrogens (tertiary/aromatic N) is 1. The molecule has 5 nitrogen and oxygen atoms in total. The van der Waals surface area contributed by atoms with Crippen molar-refractivity contribution >= 4 is 23.2 Å². The van der Waals surface area contributed by atoms with Crippen LogP contribution in [0.15, 0.2) is 22.5 Å². The molecule has 3 N–H and O–H groups in total. The van der Waals surface area contributed by atoms with Crippen LogP contribution in [-0.2, 0) is 0 Å². The number of hydrogen-bond acceptors (Lipinski definition) is 3. The Balaban J connectivity index is 2.15. The molecule has 0 aliphatic carbocycles. The first-order valence-electron chi connectivity index (χ1n) is 7.11. The molecule has 112 valence electrons. The van der Waals surface area contributed by atoms with Crippen molar-refractivity contribution in [2.45, 2.75) is 26.7 Å². The minimum absolute atomic E-state index is 0.00607. The number of thiophene rings is 1. The van der Waals surface area contributed by atoms with Crippen LogP contribution in [0.5, 0.6) is 0 Å². The van der Waals surface area contributed by atoms with E-state index in [4.69, 9.17) is 0 Å². The lowest BCUT2D eigenvalue weighted by atomic mass is 10.4. The maximum Gasteiger partial charge on any atom is 0.261 e. The molecular formula is C14H24N4OS. The molecule has 6 heteroatoms. The Morgan fingerprint density at radius 3 is 2.70 bits per heavy atom. The van der Waals surface area contributed by atoms with Crippen molar-refractivity contribution in [2.24, 2.45) is 4.99 Å². The van der Waals surface area contributed by atoms with Crippen LogP contribution in [0.2, 0.25) is 0 Å². The van der Waals surface area contributed by atoms with Crippen LogP contribution in [0.3, 0.4) is 0 Å². The largest absolute Gasteiger partial charge is 0.357 e. The highest BCUT2D eigenvalue weighted by Gasteiger charge is 2.04. The summed E-state index contributed by atoms with van der Waals surface area (Å²) in [7, 11) is 0. The predicted molar refractivity (Wildman–Crippen MR) is 85.5 cm³/mol. The summed E-state index contributed by atoms with van der Waals surface area (Å²) >= 11 is 1.46. The molecule has 0 aliphatic heterocycles. The third-order valence-electron chi connectivity index (χ3n) is 2.51. The highest BCUT2D eigenvalue weighted by atomic mass is 32.1. The van der Waals surface area contributed by atoms with Crippen LogP contribution in [0, 0.1) is 0 Å². The first-order chi connectivity index (χ1) is 9.77. The van der Waals surface area contributed by atoms with E-state index in [1.54, 1.807) is 0 Å². The lowest BCUT2D eigenvalue weighted by molar-refractivity contribution is 0.0957. The second kappa shape index (κ2) is 10.3. The van der Waals surface area contributed by atoms with Gasteiger partial charge in [0.15, 0.2) is 5.96 Å². The zero-order chi connectivity index (χ0) is 14.6. The van der Waals surface area contributed by atoms with Gasteiger partial charge in [-0.3, -0.25) is 9.79 Å². The molecule has 1 rings (SSSR count). The Kier molecular flexibility index (Phi) is 8.46. The number of carbonyl (C=O) groups is 1. The summed E-state index contributed by atoms with van der Waals surface area (Å²) < 4.78 is 0. The molecule has 0 saturated carbocycles. The van der Waals surface area contributed by atoms with E-state index in [0.29, 0.717) is 6.54 Å². The van der Waals surface area contributed by atoms with Gasteiger partial charge < -0.3 is 16.0 Å². The first kappa shape index (κ1) is 16.5. The highest BCUT2D eigenvalue weighted by molar-refractivity contribution is 7.12. The highest BCUT2D eigenvalue weighted by Crippen LogP contribution is 2.07. The van der Waals surface area contributed by atoms with E-state index in [1.165, 1.54) is 11.3 Å². The van der Waals surface area contributed by atoms with Gasteiger partial charge in [0.05, 0.1) is 4.88 Å². The van der Waals surface area contributed by atoms with Crippen molar-refractivity contribution < 1.29 is 4.79 Å². The molecule has 20 heavy (non-hydrogen) atoms. The van der Waals surface area contributed by atoms with Crippen LogP contribution >= 0.6 is 11.3 Å². The second-order valence-corrected chi connectivity index (χ2v) is 5.22. The summed E-state index contributed by atoms with van der Waals surface area (Å²) in [5.74, 6) is 0.852. The topological polar surface area (TPSA) is 65.5 Å². The van der Waals surface area contributed by atoms with Crippen molar-refractivity contribution in [3.8, 4) is 0 Å². The van der Waals surface area contributed by atoms with Crippen LogP contribution < -0.4 is 16.0 Å². The lowest BCUT2D eigenvalue weighted by Gasteiger charge is -2.11. The summed E-state index contributed by atoms with van der Waals surface area (Å²) in [6.07, 6.45) is 1.90. The van der Waals surface area contributed by atoms with E-state index in [0.717, 1.165) is 43.3 Å². The molecule has 1 amide bonds. The van der Waals surface area contributed by atoms with Crippen LogP contribution in [0.4, 0.5) is 0 Å². The number of hydrogen-bond donors (Lipinski definition) is 3. The van der Waals surface area contributed by atoms with Crippen molar-refractivity contribution in [2.75, 3.05) is 26.2 Å². The molecule has 0 saturated heterocycles. The molecule has 0 spiro atoms. The number of aliphatic imine (C=N–C) groups is 1. The third-order valence-corrected chi connectivity index (χ3v) is 3.38. The average Bonchev–Trinajstić information content (AvgIpc) is 2.98. The van der Waals surface area contributed by atoms with Gasteiger partial charge in [0.1, 0.15) is 0 Å². The zero-order valence-corrected chi connectivity index (χ0v) is 13.1. The van der Waals surface area contributed by atoms with Gasteiger partial charge in [-0.05, 0) is 31.2 Å². The summed E-state index contributed by atoms with van der Waals surface area (Å²) in [6, 6.07) is 3.72. The monoisotopic (exact) mass is 296 g/mol.